The second-order valence-corrected chi connectivity index (χ2v) is 4.10. The third-order valence-corrected chi connectivity index (χ3v) is 2.14. The Morgan fingerprint density at radius 2 is 2.12 bits per heavy atom. The van der Waals surface area contributed by atoms with Crippen LogP contribution in [0.2, 0.25) is 0 Å². The van der Waals surface area contributed by atoms with Crippen molar-refractivity contribution >= 4 is 12.2 Å². The van der Waals surface area contributed by atoms with E-state index in [1.807, 2.05) is 31.2 Å². The molecule has 0 spiro atoms. The molecule has 0 unspecified atom stereocenters. The Morgan fingerprint density at radius 1 is 1.38 bits per heavy atom. The Kier molecular flexibility index (Phi) is 4.77. The summed E-state index contributed by atoms with van der Waals surface area (Å²) in [5, 5.41) is 0.978. The molecule has 0 bridgehead atoms. The molecule has 1 aromatic heterocycles. The average Bonchev–Trinajstić information content (AvgIpc) is 2.24. The van der Waals surface area contributed by atoms with Gasteiger partial charge < -0.3 is 4.42 Å². The van der Waals surface area contributed by atoms with Crippen LogP contribution in [0.1, 0.15) is 27.2 Å². The molecule has 2 heteroatoms. The zero-order valence-corrected chi connectivity index (χ0v) is 10.1. The van der Waals surface area contributed by atoms with Crippen LogP contribution in [0, 0.1) is 5.92 Å². The predicted molar refractivity (Wildman–Crippen MR) is 67.4 cm³/mol. The van der Waals surface area contributed by atoms with Crippen molar-refractivity contribution in [2.45, 2.75) is 27.2 Å². The fourth-order valence-corrected chi connectivity index (χ4v) is 1.29. The molecule has 0 N–H and O–H groups in total. The summed E-state index contributed by atoms with van der Waals surface area (Å²) in [6.45, 7) is 6.24. The van der Waals surface area contributed by atoms with Crippen LogP contribution in [-0.2, 0) is 0 Å². The molecule has 0 aliphatic rings. The lowest BCUT2D eigenvalue weighted by Gasteiger charge is -1.96. The van der Waals surface area contributed by atoms with Crippen LogP contribution >= 0.6 is 0 Å². The van der Waals surface area contributed by atoms with Crippen LogP contribution in [-0.4, -0.2) is 0 Å². The fraction of sp³-hybridized carbons (Fsp3) is 0.357. The normalized spacial score (nSPS) is 14.2. The number of rotatable bonds is 3. The highest BCUT2D eigenvalue weighted by Gasteiger charge is 1.92. The Morgan fingerprint density at radius 3 is 2.75 bits per heavy atom. The SMILES string of the molecule is C\C=C/C=c1/oc(=O)cc/c1=C/CC(C)C. The van der Waals surface area contributed by atoms with E-state index in [0.717, 1.165) is 11.6 Å². The maximum atomic E-state index is 11.1. The molecule has 0 aromatic carbocycles. The molecule has 0 atom stereocenters. The van der Waals surface area contributed by atoms with Crippen molar-refractivity contribution in [1.82, 2.24) is 0 Å². The molecule has 1 aromatic rings. The third kappa shape index (κ3) is 3.89. The summed E-state index contributed by atoms with van der Waals surface area (Å²) >= 11 is 0. The average molecular weight is 218 g/mol. The highest BCUT2D eigenvalue weighted by atomic mass is 16.4. The Bertz CT molecular complexity index is 518. The Labute approximate surface area is 95.6 Å². The summed E-state index contributed by atoms with van der Waals surface area (Å²) in [6.07, 6.45) is 8.66. The van der Waals surface area contributed by atoms with Gasteiger partial charge in [0.1, 0.15) is 5.42 Å². The quantitative estimate of drug-likeness (QED) is 0.774. The van der Waals surface area contributed by atoms with Crippen molar-refractivity contribution in [1.29, 1.82) is 0 Å². The number of hydrogen-bond donors (Lipinski definition) is 0. The lowest BCUT2D eigenvalue weighted by atomic mass is 10.1. The van der Waals surface area contributed by atoms with Crippen molar-refractivity contribution in [3.05, 3.63) is 45.3 Å². The number of hydrogen-bond acceptors (Lipinski definition) is 2. The lowest BCUT2D eigenvalue weighted by molar-refractivity contribution is 0.473. The smallest absolute Gasteiger partial charge is 0.336 e. The first-order valence-corrected chi connectivity index (χ1v) is 5.57. The fourth-order valence-electron chi connectivity index (χ4n) is 1.29. The van der Waals surface area contributed by atoms with Gasteiger partial charge in [-0.05, 0) is 31.4 Å². The van der Waals surface area contributed by atoms with Crippen LogP contribution in [0.4, 0.5) is 0 Å². The summed E-state index contributed by atoms with van der Waals surface area (Å²) in [6, 6.07) is 3.27. The van der Waals surface area contributed by atoms with Crippen LogP contribution in [0.5, 0.6) is 0 Å². The van der Waals surface area contributed by atoms with E-state index in [0.29, 0.717) is 11.3 Å². The van der Waals surface area contributed by atoms with E-state index in [9.17, 15) is 4.79 Å². The molecule has 1 rings (SSSR count). The Hall–Kier alpha value is -1.57. The molecule has 1 heterocycles. The second kappa shape index (κ2) is 6.11. The molecule has 86 valence electrons. The van der Waals surface area contributed by atoms with Crippen LogP contribution in [0.15, 0.2) is 33.5 Å². The van der Waals surface area contributed by atoms with E-state index < -0.39 is 0 Å². The van der Waals surface area contributed by atoms with E-state index >= 15 is 0 Å². The van der Waals surface area contributed by atoms with Crippen molar-refractivity contribution in [3.8, 4) is 0 Å². The van der Waals surface area contributed by atoms with Gasteiger partial charge in [0.25, 0.3) is 0 Å². The molecule has 0 fully saturated rings. The van der Waals surface area contributed by atoms with E-state index in [2.05, 4.69) is 19.9 Å². The van der Waals surface area contributed by atoms with Crippen molar-refractivity contribution in [3.63, 3.8) is 0 Å². The van der Waals surface area contributed by atoms with Gasteiger partial charge in [-0.1, -0.05) is 32.1 Å². The second-order valence-electron chi connectivity index (χ2n) is 4.10. The largest absolute Gasteiger partial charge is 0.423 e. The first-order chi connectivity index (χ1) is 7.63. The van der Waals surface area contributed by atoms with E-state index in [4.69, 9.17) is 4.42 Å². The van der Waals surface area contributed by atoms with Gasteiger partial charge >= 0.3 is 5.63 Å². The first kappa shape index (κ1) is 12.5. The summed E-state index contributed by atoms with van der Waals surface area (Å²) in [4.78, 5) is 11.1. The predicted octanol–water partition coefficient (Wildman–Crippen LogP) is 1.82. The lowest BCUT2D eigenvalue weighted by Crippen LogP contribution is -2.28. The highest BCUT2D eigenvalue weighted by Crippen LogP contribution is 1.98. The third-order valence-electron chi connectivity index (χ3n) is 2.14. The van der Waals surface area contributed by atoms with Gasteiger partial charge in [-0.15, -0.1) is 0 Å². The van der Waals surface area contributed by atoms with Crippen LogP contribution < -0.4 is 16.3 Å². The summed E-state index contributed by atoms with van der Waals surface area (Å²) in [7, 11) is 0. The Balaban J connectivity index is 3.28. The van der Waals surface area contributed by atoms with Crippen LogP contribution in [0.3, 0.4) is 0 Å². The molecule has 16 heavy (non-hydrogen) atoms. The van der Waals surface area contributed by atoms with Gasteiger partial charge in [-0.3, -0.25) is 0 Å². The molecular weight excluding hydrogens is 200 g/mol. The standard InChI is InChI=1S/C14H18O2/c1-4-5-6-13-12(8-7-11(2)3)9-10-14(15)16-13/h4-6,8-11H,7H2,1-3H3/b5-4-,12-8-,13-6+. The summed E-state index contributed by atoms with van der Waals surface area (Å²) in [5.41, 5.74) is 0.323. The highest BCUT2D eigenvalue weighted by molar-refractivity contribution is 5.35. The van der Waals surface area contributed by atoms with Gasteiger partial charge in [0.2, 0.25) is 0 Å². The van der Waals surface area contributed by atoms with E-state index in [1.165, 1.54) is 6.07 Å². The summed E-state index contributed by atoms with van der Waals surface area (Å²) in [5.74, 6) is 0.599. The topological polar surface area (TPSA) is 30.2 Å². The minimum atomic E-state index is -0.308. The van der Waals surface area contributed by atoms with E-state index in [1.54, 1.807) is 0 Å². The van der Waals surface area contributed by atoms with Crippen molar-refractivity contribution < 1.29 is 4.42 Å². The molecule has 0 amide bonds. The molecule has 0 saturated heterocycles. The minimum absolute atomic E-state index is 0.308. The number of allylic oxidation sites excluding steroid dienone is 2. The zero-order valence-electron chi connectivity index (χ0n) is 10.1. The van der Waals surface area contributed by atoms with Gasteiger partial charge in [0.05, 0.1) is 0 Å². The maximum absolute atomic E-state index is 11.1. The maximum Gasteiger partial charge on any atom is 0.336 e. The van der Waals surface area contributed by atoms with Crippen molar-refractivity contribution in [2.75, 3.05) is 0 Å². The minimum Gasteiger partial charge on any atom is -0.423 e. The molecule has 0 aliphatic carbocycles. The van der Waals surface area contributed by atoms with E-state index in [-0.39, 0.29) is 5.63 Å². The van der Waals surface area contributed by atoms with Gasteiger partial charge in [-0.25, -0.2) is 4.79 Å². The van der Waals surface area contributed by atoms with Crippen molar-refractivity contribution in [2.24, 2.45) is 5.92 Å². The molecule has 0 aliphatic heterocycles. The van der Waals surface area contributed by atoms with Crippen LogP contribution in [0.25, 0.3) is 12.2 Å². The van der Waals surface area contributed by atoms with Gasteiger partial charge in [0.15, 0.2) is 0 Å². The first-order valence-electron chi connectivity index (χ1n) is 5.57. The monoisotopic (exact) mass is 218 g/mol. The summed E-state index contributed by atoms with van der Waals surface area (Å²) < 4.78 is 5.15. The van der Waals surface area contributed by atoms with Gasteiger partial charge in [-0.2, -0.15) is 0 Å². The molecule has 2 nitrogen and oxygen atoms in total. The zero-order chi connectivity index (χ0) is 12.0. The molecule has 0 saturated carbocycles. The molecular formula is C14H18O2. The van der Waals surface area contributed by atoms with Gasteiger partial charge in [0, 0.05) is 11.3 Å². The molecule has 0 radical (unpaired) electrons.